The normalized spacial score (nSPS) is 17.6. The summed E-state index contributed by atoms with van der Waals surface area (Å²) < 4.78 is 5.36. The van der Waals surface area contributed by atoms with E-state index in [4.69, 9.17) is 9.73 Å². The second-order valence-corrected chi connectivity index (χ2v) is 8.80. The third-order valence-electron chi connectivity index (χ3n) is 4.48. The SMILES string of the molecule is CCNC(=NCc1ccc(CN(C)C)cc1)N1CCC(NC(=O)OC(C)(C)C)C1. The maximum atomic E-state index is 12.0. The molecule has 1 saturated heterocycles. The third kappa shape index (κ3) is 8.31. The van der Waals surface area contributed by atoms with Crippen LogP contribution in [0.4, 0.5) is 4.79 Å². The van der Waals surface area contributed by atoms with Crippen LogP contribution in [0.5, 0.6) is 0 Å². The zero-order valence-electron chi connectivity index (χ0n) is 18.8. The number of aliphatic imine (C=N–C) groups is 1. The topological polar surface area (TPSA) is 69.2 Å². The van der Waals surface area contributed by atoms with E-state index < -0.39 is 5.60 Å². The van der Waals surface area contributed by atoms with E-state index in [1.807, 2.05) is 20.8 Å². The molecule has 1 unspecified atom stereocenters. The van der Waals surface area contributed by atoms with Gasteiger partial charge in [-0.2, -0.15) is 0 Å². The Morgan fingerprint density at radius 1 is 1.24 bits per heavy atom. The van der Waals surface area contributed by atoms with Crippen molar-refractivity contribution in [2.75, 3.05) is 33.7 Å². The van der Waals surface area contributed by atoms with E-state index in [9.17, 15) is 4.79 Å². The van der Waals surface area contributed by atoms with Crippen LogP contribution in [0.1, 0.15) is 45.2 Å². The molecule has 0 radical (unpaired) electrons. The summed E-state index contributed by atoms with van der Waals surface area (Å²) in [5, 5.41) is 6.34. The van der Waals surface area contributed by atoms with E-state index in [-0.39, 0.29) is 12.1 Å². The third-order valence-corrected chi connectivity index (χ3v) is 4.48. The quantitative estimate of drug-likeness (QED) is 0.565. The van der Waals surface area contributed by atoms with Gasteiger partial charge in [0.25, 0.3) is 0 Å². The standard InChI is InChI=1S/C22H37N5O2/c1-7-23-20(24-14-17-8-10-18(11-9-17)15-26(5)6)27-13-12-19(16-27)25-21(28)29-22(2,3)4/h8-11,19H,7,12-16H2,1-6H3,(H,23,24)(H,25,28). The van der Waals surface area contributed by atoms with Gasteiger partial charge in [0.05, 0.1) is 12.6 Å². The minimum absolute atomic E-state index is 0.0685. The Kier molecular flexibility index (Phi) is 8.32. The second-order valence-electron chi connectivity index (χ2n) is 8.80. The lowest BCUT2D eigenvalue weighted by molar-refractivity contribution is 0.0507. The minimum atomic E-state index is -0.485. The lowest BCUT2D eigenvalue weighted by Crippen LogP contribution is -2.44. The van der Waals surface area contributed by atoms with Crippen LogP contribution in [-0.4, -0.2) is 67.2 Å². The molecule has 1 fully saturated rings. The van der Waals surface area contributed by atoms with Gasteiger partial charge < -0.3 is 25.2 Å². The highest BCUT2D eigenvalue weighted by atomic mass is 16.6. The van der Waals surface area contributed by atoms with Crippen LogP contribution in [0.3, 0.4) is 0 Å². The highest BCUT2D eigenvalue weighted by molar-refractivity contribution is 5.80. The molecule has 1 amide bonds. The van der Waals surface area contributed by atoms with Crippen LogP contribution < -0.4 is 10.6 Å². The van der Waals surface area contributed by atoms with Crippen molar-refractivity contribution in [1.82, 2.24) is 20.4 Å². The first-order valence-electron chi connectivity index (χ1n) is 10.4. The highest BCUT2D eigenvalue weighted by Gasteiger charge is 2.27. The number of benzene rings is 1. The molecule has 1 aromatic carbocycles. The van der Waals surface area contributed by atoms with Crippen molar-refractivity contribution >= 4 is 12.1 Å². The van der Waals surface area contributed by atoms with Gasteiger partial charge in [0.1, 0.15) is 5.60 Å². The van der Waals surface area contributed by atoms with Crippen molar-refractivity contribution < 1.29 is 9.53 Å². The maximum Gasteiger partial charge on any atom is 0.407 e. The highest BCUT2D eigenvalue weighted by Crippen LogP contribution is 2.13. The van der Waals surface area contributed by atoms with Crippen LogP contribution in [-0.2, 0) is 17.8 Å². The number of ether oxygens (including phenoxy) is 1. The summed E-state index contributed by atoms with van der Waals surface area (Å²) >= 11 is 0. The Morgan fingerprint density at radius 3 is 2.48 bits per heavy atom. The van der Waals surface area contributed by atoms with Crippen LogP contribution in [0.15, 0.2) is 29.3 Å². The summed E-state index contributed by atoms with van der Waals surface area (Å²) in [4.78, 5) is 21.2. The monoisotopic (exact) mass is 403 g/mol. The first-order valence-corrected chi connectivity index (χ1v) is 10.4. The molecule has 0 bridgehead atoms. The Bertz CT molecular complexity index is 679. The van der Waals surface area contributed by atoms with Crippen molar-refractivity contribution in [1.29, 1.82) is 0 Å². The smallest absolute Gasteiger partial charge is 0.407 e. The van der Waals surface area contributed by atoms with Crippen LogP contribution in [0, 0.1) is 0 Å². The van der Waals surface area contributed by atoms with E-state index in [0.717, 1.165) is 38.6 Å². The molecule has 1 aromatic rings. The van der Waals surface area contributed by atoms with E-state index in [2.05, 4.69) is 65.7 Å². The number of carbonyl (C=O) groups excluding carboxylic acids is 1. The molecule has 162 valence electrons. The number of nitrogens with one attached hydrogen (secondary N) is 2. The van der Waals surface area contributed by atoms with E-state index in [1.165, 1.54) is 11.1 Å². The fourth-order valence-corrected chi connectivity index (χ4v) is 3.25. The van der Waals surface area contributed by atoms with Crippen molar-refractivity contribution in [2.24, 2.45) is 4.99 Å². The Labute approximate surface area is 175 Å². The average molecular weight is 404 g/mol. The Hall–Kier alpha value is -2.28. The first kappa shape index (κ1) is 23.0. The lowest BCUT2D eigenvalue weighted by atomic mass is 10.1. The van der Waals surface area contributed by atoms with Crippen molar-refractivity contribution in [3.05, 3.63) is 35.4 Å². The van der Waals surface area contributed by atoms with Gasteiger partial charge in [0.15, 0.2) is 5.96 Å². The summed E-state index contributed by atoms with van der Waals surface area (Å²) in [7, 11) is 4.14. The van der Waals surface area contributed by atoms with Crippen LogP contribution in [0.2, 0.25) is 0 Å². The second kappa shape index (κ2) is 10.5. The van der Waals surface area contributed by atoms with Gasteiger partial charge in [-0.05, 0) is 59.3 Å². The largest absolute Gasteiger partial charge is 0.444 e. The molecule has 0 spiro atoms. The summed E-state index contributed by atoms with van der Waals surface area (Å²) in [5.74, 6) is 0.887. The number of likely N-dealkylation sites (tertiary alicyclic amines) is 1. The molecule has 1 heterocycles. The maximum absolute atomic E-state index is 12.0. The number of guanidine groups is 1. The molecule has 2 rings (SSSR count). The molecule has 7 nitrogen and oxygen atoms in total. The predicted molar refractivity (Wildman–Crippen MR) is 118 cm³/mol. The molecule has 0 saturated carbocycles. The number of alkyl carbamates (subject to hydrolysis) is 1. The first-order chi connectivity index (χ1) is 13.7. The number of hydrogen-bond acceptors (Lipinski definition) is 4. The van der Waals surface area contributed by atoms with E-state index >= 15 is 0 Å². The average Bonchev–Trinajstić information content (AvgIpc) is 3.06. The van der Waals surface area contributed by atoms with Crippen LogP contribution >= 0.6 is 0 Å². The van der Waals surface area contributed by atoms with Crippen molar-refractivity contribution in [3.8, 4) is 0 Å². The van der Waals surface area contributed by atoms with Gasteiger partial charge in [-0.15, -0.1) is 0 Å². The number of hydrogen-bond donors (Lipinski definition) is 2. The molecule has 7 heteroatoms. The van der Waals surface area contributed by atoms with Gasteiger partial charge in [0, 0.05) is 26.2 Å². The number of carbonyl (C=O) groups is 1. The number of amides is 1. The molecule has 1 atom stereocenters. The molecule has 0 aromatic heterocycles. The molecule has 2 N–H and O–H groups in total. The van der Waals surface area contributed by atoms with Gasteiger partial charge in [-0.1, -0.05) is 24.3 Å². The Morgan fingerprint density at radius 2 is 1.90 bits per heavy atom. The zero-order chi connectivity index (χ0) is 21.4. The van der Waals surface area contributed by atoms with Crippen molar-refractivity contribution in [3.63, 3.8) is 0 Å². The van der Waals surface area contributed by atoms with Gasteiger partial charge in [0.2, 0.25) is 0 Å². The van der Waals surface area contributed by atoms with Gasteiger partial charge >= 0.3 is 6.09 Å². The molecule has 1 aliphatic heterocycles. The molecule has 0 aliphatic carbocycles. The molecule has 29 heavy (non-hydrogen) atoms. The fraction of sp³-hybridized carbons (Fsp3) is 0.636. The van der Waals surface area contributed by atoms with E-state index in [0.29, 0.717) is 6.54 Å². The van der Waals surface area contributed by atoms with Crippen molar-refractivity contribution in [2.45, 2.75) is 58.8 Å². The molecule has 1 aliphatic rings. The fourth-order valence-electron chi connectivity index (χ4n) is 3.25. The number of rotatable bonds is 6. The van der Waals surface area contributed by atoms with E-state index in [1.54, 1.807) is 0 Å². The predicted octanol–water partition coefficient (Wildman–Crippen LogP) is 2.81. The zero-order valence-corrected chi connectivity index (χ0v) is 18.8. The summed E-state index contributed by atoms with van der Waals surface area (Å²) in [6.45, 7) is 11.6. The lowest BCUT2D eigenvalue weighted by Gasteiger charge is -2.23. The molecular formula is C22H37N5O2. The van der Waals surface area contributed by atoms with Crippen LogP contribution in [0.25, 0.3) is 0 Å². The van der Waals surface area contributed by atoms with Gasteiger partial charge in [-0.25, -0.2) is 9.79 Å². The summed E-state index contributed by atoms with van der Waals surface area (Å²) in [5.41, 5.74) is 2.00. The van der Waals surface area contributed by atoms with Gasteiger partial charge in [-0.3, -0.25) is 0 Å². The Balaban J connectivity index is 1.92. The molecular weight excluding hydrogens is 366 g/mol. The summed E-state index contributed by atoms with van der Waals surface area (Å²) in [6, 6.07) is 8.67. The minimum Gasteiger partial charge on any atom is -0.444 e. The summed E-state index contributed by atoms with van der Waals surface area (Å²) in [6.07, 6.45) is 0.521. The number of nitrogens with zero attached hydrogens (tertiary/aromatic N) is 3.